The number of nitrogens with zero attached hydrogens (tertiary/aromatic N) is 1. The Balaban J connectivity index is 2.08. The number of amides is 5. The molecule has 0 saturated heterocycles. The van der Waals surface area contributed by atoms with Crippen LogP contribution in [0.25, 0.3) is 0 Å². The van der Waals surface area contributed by atoms with E-state index >= 15 is 0 Å². The molecular weight excluding hydrogens is 428 g/mol. The Hall–Kier alpha value is -3.61. The fourth-order valence-corrected chi connectivity index (χ4v) is 2.89. The Kier molecular flexibility index (Phi) is 14.1. The molecule has 0 spiro atoms. The summed E-state index contributed by atoms with van der Waals surface area (Å²) in [4.78, 5) is 58.1. The molecule has 0 fully saturated rings. The number of alkyl carbamates (subject to hydrolysis) is 1. The Bertz CT molecular complexity index is 779. The standard InChI is InChI=1S/C23H32N4O6/c1-2-3-9-19(10-7-14-24-18-28)33-23(32)26-16-8-15-25-20(29)11-5-4-6-17-27-21(30)12-13-22(27)31/h7,12-14,18-19H,4-6,8-11,15-17H2,1H3,(H,24,28)(H,25,29)(H,26,32)/b14-7-. The van der Waals surface area contributed by atoms with Crippen molar-refractivity contribution < 1.29 is 28.7 Å². The molecule has 1 rings (SSSR count). The molecule has 5 amide bonds. The van der Waals surface area contributed by atoms with Crippen LogP contribution >= 0.6 is 0 Å². The largest absolute Gasteiger partial charge is 0.445 e. The summed E-state index contributed by atoms with van der Waals surface area (Å²) in [5.41, 5.74) is 0. The van der Waals surface area contributed by atoms with Crippen molar-refractivity contribution in [3.8, 4) is 11.8 Å². The van der Waals surface area contributed by atoms with Gasteiger partial charge in [0.05, 0.1) is 0 Å². The molecule has 1 heterocycles. The van der Waals surface area contributed by atoms with Gasteiger partial charge in [0.1, 0.15) is 6.10 Å². The van der Waals surface area contributed by atoms with E-state index in [1.807, 2.05) is 0 Å². The van der Waals surface area contributed by atoms with Crippen molar-refractivity contribution in [1.82, 2.24) is 20.9 Å². The van der Waals surface area contributed by atoms with Crippen LogP contribution in [-0.4, -0.2) is 60.9 Å². The maximum atomic E-state index is 11.9. The lowest BCUT2D eigenvalue weighted by atomic mass is 10.2. The zero-order valence-corrected chi connectivity index (χ0v) is 18.9. The number of carbonyl (C=O) groups excluding carboxylic acids is 5. The quantitative estimate of drug-likeness (QED) is 0.137. The van der Waals surface area contributed by atoms with E-state index in [-0.39, 0.29) is 17.7 Å². The third kappa shape index (κ3) is 12.7. The number of ether oxygens (including phenoxy) is 1. The van der Waals surface area contributed by atoms with Gasteiger partial charge in [0.15, 0.2) is 0 Å². The third-order valence-corrected chi connectivity index (χ3v) is 4.59. The van der Waals surface area contributed by atoms with Crippen LogP contribution in [0.4, 0.5) is 4.79 Å². The number of hydrogen-bond acceptors (Lipinski definition) is 6. The van der Waals surface area contributed by atoms with Gasteiger partial charge >= 0.3 is 6.09 Å². The van der Waals surface area contributed by atoms with Gasteiger partial charge in [-0.25, -0.2) is 4.79 Å². The van der Waals surface area contributed by atoms with E-state index in [0.717, 1.165) is 6.42 Å². The highest BCUT2D eigenvalue weighted by Gasteiger charge is 2.22. The Morgan fingerprint density at radius 2 is 1.82 bits per heavy atom. The predicted molar refractivity (Wildman–Crippen MR) is 121 cm³/mol. The molecule has 0 radical (unpaired) electrons. The predicted octanol–water partition coefficient (Wildman–Crippen LogP) is 1.14. The van der Waals surface area contributed by atoms with Gasteiger partial charge in [-0.2, -0.15) is 0 Å². The molecule has 0 aromatic carbocycles. The SMILES string of the molecule is CC#CCC(C/C=C\NC=O)OC(=O)NCCCNC(=O)CCCCCN1C(=O)C=CC1=O. The van der Waals surface area contributed by atoms with Crippen LogP contribution < -0.4 is 16.0 Å². The first-order valence-corrected chi connectivity index (χ1v) is 11.0. The van der Waals surface area contributed by atoms with E-state index in [2.05, 4.69) is 27.8 Å². The van der Waals surface area contributed by atoms with Gasteiger partial charge in [-0.05, 0) is 32.4 Å². The van der Waals surface area contributed by atoms with Gasteiger partial charge in [-0.1, -0.05) is 18.4 Å². The summed E-state index contributed by atoms with van der Waals surface area (Å²) in [6.45, 7) is 2.84. The lowest BCUT2D eigenvalue weighted by Crippen LogP contribution is -2.32. The van der Waals surface area contributed by atoms with Crippen molar-refractivity contribution in [2.45, 2.75) is 58.0 Å². The summed E-state index contributed by atoms with van der Waals surface area (Å²) in [6.07, 6.45) is 9.00. The Labute approximate surface area is 194 Å². The number of carbonyl (C=O) groups is 5. The maximum Gasteiger partial charge on any atom is 0.407 e. The number of rotatable bonds is 16. The Morgan fingerprint density at radius 3 is 2.52 bits per heavy atom. The molecule has 1 aliphatic heterocycles. The van der Waals surface area contributed by atoms with Crippen molar-refractivity contribution >= 4 is 30.2 Å². The van der Waals surface area contributed by atoms with Crippen molar-refractivity contribution in [3.05, 3.63) is 24.4 Å². The second-order valence-electron chi connectivity index (χ2n) is 7.18. The van der Waals surface area contributed by atoms with Gasteiger partial charge in [0.2, 0.25) is 12.3 Å². The van der Waals surface area contributed by atoms with Crippen LogP contribution in [0.2, 0.25) is 0 Å². The lowest BCUT2D eigenvalue weighted by molar-refractivity contribution is -0.137. The molecule has 0 aromatic heterocycles. The monoisotopic (exact) mass is 460 g/mol. The first-order valence-electron chi connectivity index (χ1n) is 11.0. The van der Waals surface area contributed by atoms with E-state index < -0.39 is 12.2 Å². The molecule has 1 unspecified atom stereocenters. The molecule has 0 saturated carbocycles. The number of nitrogens with one attached hydrogen (secondary N) is 3. The molecule has 3 N–H and O–H groups in total. The summed E-state index contributed by atoms with van der Waals surface area (Å²) >= 11 is 0. The molecule has 0 aromatic rings. The summed E-state index contributed by atoms with van der Waals surface area (Å²) in [5, 5.41) is 7.81. The van der Waals surface area contributed by atoms with Crippen LogP contribution in [0.1, 0.15) is 51.9 Å². The van der Waals surface area contributed by atoms with Crippen LogP contribution in [0.3, 0.4) is 0 Å². The first kappa shape index (κ1) is 27.4. The van der Waals surface area contributed by atoms with Crippen molar-refractivity contribution in [1.29, 1.82) is 0 Å². The average molecular weight is 461 g/mol. The highest BCUT2D eigenvalue weighted by Crippen LogP contribution is 2.08. The molecular formula is C23H32N4O6. The van der Waals surface area contributed by atoms with Gasteiger partial charge in [0.25, 0.3) is 11.8 Å². The van der Waals surface area contributed by atoms with Crippen molar-refractivity contribution in [2.75, 3.05) is 19.6 Å². The van der Waals surface area contributed by atoms with Gasteiger partial charge < -0.3 is 20.7 Å². The molecule has 10 heteroatoms. The van der Waals surface area contributed by atoms with E-state index in [9.17, 15) is 24.0 Å². The fraction of sp³-hybridized carbons (Fsp3) is 0.522. The molecule has 0 aliphatic carbocycles. The van der Waals surface area contributed by atoms with Crippen molar-refractivity contribution in [3.63, 3.8) is 0 Å². The van der Waals surface area contributed by atoms with Gasteiger partial charge in [-0.15, -0.1) is 5.92 Å². The van der Waals surface area contributed by atoms with Crippen LogP contribution in [0.5, 0.6) is 0 Å². The van der Waals surface area contributed by atoms with E-state index in [1.54, 1.807) is 13.0 Å². The molecule has 33 heavy (non-hydrogen) atoms. The molecule has 180 valence electrons. The summed E-state index contributed by atoms with van der Waals surface area (Å²) < 4.78 is 5.33. The lowest BCUT2D eigenvalue weighted by Gasteiger charge is -2.14. The normalized spacial score (nSPS) is 13.4. The zero-order valence-electron chi connectivity index (χ0n) is 18.9. The minimum Gasteiger partial charge on any atom is -0.445 e. The number of imide groups is 1. The zero-order chi connectivity index (χ0) is 24.3. The molecule has 1 atom stereocenters. The van der Waals surface area contributed by atoms with E-state index in [1.165, 1.54) is 23.3 Å². The molecule has 10 nitrogen and oxygen atoms in total. The fourth-order valence-electron chi connectivity index (χ4n) is 2.89. The average Bonchev–Trinajstić information content (AvgIpc) is 3.11. The summed E-state index contributed by atoms with van der Waals surface area (Å²) in [7, 11) is 0. The van der Waals surface area contributed by atoms with Crippen molar-refractivity contribution in [2.24, 2.45) is 0 Å². The smallest absolute Gasteiger partial charge is 0.407 e. The highest BCUT2D eigenvalue weighted by molar-refractivity contribution is 6.12. The second kappa shape index (κ2) is 17.0. The summed E-state index contributed by atoms with van der Waals surface area (Å²) in [5.74, 6) is 4.96. The maximum absolute atomic E-state index is 11.9. The van der Waals surface area contributed by atoms with E-state index in [0.29, 0.717) is 64.6 Å². The molecule has 1 aliphatic rings. The number of unbranched alkanes of at least 4 members (excludes halogenated alkanes) is 2. The topological polar surface area (TPSA) is 134 Å². The van der Waals surface area contributed by atoms with Crippen LogP contribution in [0, 0.1) is 11.8 Å². The van der Waals surface area contributed by atoms with Crippen LogP contribution in [0.15, 0.2) is 24.4 Å². The van der Waals surface area contributed by atoms with Gasteiger partial charge in [0, 0.05) is 51.0 Å². The minimum atomic E-state index is -0.564. The molecule has 0 bridgehead atoms. The number of hydrogen-bond donors (Lipinski definition) is 3. The second-order valence-corrected chi connectivity index (χ2v) is 7.18. The van der Waals surface area contributed by atoms with Crippen LogP contribution in [-0.2, 0) is 23.9 Å². The van der Waals surface area contributed by atoms with Gasteiger partial charge in [-0.3, -0.25) is 24.1 Å². The highest BCUT2D eigenvalue weighted by atomic mass is 16.6. The summed E-state index contributed by atoms with van der Waals surface area (Å²) in [6, 6.07) is 0. The first-order chi connectivity index (χ1) is 16.0. The van der Waals surface area contributed by atoms with E-state index in [4.69, 9.17) is 4.74 Å². The Morgan fingerprint density at radius 1 is 1.09 bits per heavy atom. The third-order valence-electron chi connectivity index (χ3n) is 4.59. The minimum absolute atomic E-state index is 0.0820.